The van der Waals surface area contributed by atoms with Crippen LogP contribution in [-0.4, -0.2) is 0 Å². The molecular formula is C17H10O2S. The zero-order valence-corrected chi connectivity index (χ0v) is 11.3. The molecule has 0 radical (unpaired) electrons. The number of benzene rings is 2. The van der Waals surface area contributed by atoms with Crippen LogP contribution in [0, 0.1) is 0 Å². The highest BCUT2D eigenvalue weighted by molar-refractivity contribution is 7.13. The lowest BCUT2D eigenvalue weighted by Crippen LogP contribution is -2.00. The minimum Gasteiger partial charge on any atom is -0.455 e. The maximum atomic E-state index is 12.5. The molecule has 3 heteroatoms. The monoisotopic (exact) mass is 278 g/mol. The Morgan fingerprint density at radius 1 is 0.950 bits per heavy atom. The van der Waals surface area contributed by atoms with E-state index in [0.717, 1.165) is 15.6 Å². The molecule has 0 amide bonds. The summed E-state index contributed by atoms with van der Waals surface area (Å²) in [6.07, 6.45) is 0. The molecule has 2 aromatic carbocycles. The van der Waals surface area contributed by atoms with Crippen LogP contribution in [0.4, 0.5) is 0 Å². The molecule has 2 aromatic heterocycles. The van der Waals surface area contributed by atoms with Crippen molar-refractivity contribution in [2.24, 2.45) is 0 Å². The van der Waals surface area contributed by atoms with Crippen molar-refractivity contribution in [1.82, 2.24) is 0 Å². The van der Waals surface area contributed by atoms with Crippen molar-refractivity contribution in [1.29, 1.82) is 0 Å². The quantitative estimate of drug-likeness (QED) is 0.473. The number of thiophene rings is 1. The highest BCUT2D eigenvalue weighted by atomic mass is 32.1. The summed E-state index contributed by atoms with van der Waals surface area (Å²) in [5.74, 6) is 0.632. The number of hydrogen-bond donors (Lipinski definition) is 0. The van der Waals surface area contributed by atoms with Gasteiger partial charge in [0.15, 0.2) is 5.43 Å². The SMILES string of the molecule is O=c1cc(-c2cccs2)oc2ccc3ccccc3c12. The van der Waals surface area contributed by atoms with E-state index in [9.17, 15) is 4.79 Å². The molecule has 2 heterocycles. The molecule has 4 rings (SSSR count). The van der Waals surface area contributed by atoms with E-state index in [1.54, 1.807) is 17.4 Å². The first-order chi connectivity index (χ1) is 9.83. The lowest BCUT2D eigenvalue weighted by molar-refractivity contribution is 0.621. The fourth-order valence-corrected chi connectivity index (χ4v) is 3.15. The molecular weight excluding hydrogens is 268 g/mol. The molecule has 20 heavy (non-hydrogen) atoms. The summed E-state index contributed by atoms with van der Waals surface area (Å²) in [6.45, 7) is 0. The highest BCUT2D eigenvalue weighted by Crippen LogP contribution is 2.29. The largest absolute Gasteiger partial charge is 0.455 e. The Labute approximate surface area is 118 Å². The second kappa shape index (κ2) is 4.32. The topological polar surface area (TPSA) is 30.2 Å². The second-order valence-corrected chi connectivity index (χ2v) is 5.56. The summed E-state index contributed by atoms with van der Waals surface area (Å²) >= 11 is 1.56. The van der Waals surface area contributed by atoms with Gasteiger partial charge in [0.05, 0.1) is 10.3 Å². The molecule has 0 aliphatic carbocycles. The average Bonchev–Trinajstić information content (AvgIpc) is 3.01. The van der Waals surface area contributed by atoms with Gasteiger partial charge in [0.25, 0.3) is 0 Å². The van der Waals surface area contributed by atoms with Crippen LogP contribution >= 0.6 is 11.3 Å². The van der Waals surface area contributed by atoms with Crippen LogP contribution < -0.4 is 5.43 Å². The Balaban J connectivity index is 2.13. The predicted octanol–water partition coefficient (Wildman–Crippen LogP) is 4.67. The third-order valence-electron chi connectivity index (χ3n) is 3.38. The first kappa shape index (κ1) is 11.4. The van der Waals surface area contributed by atoms with Crippen molar-refractivity contribution < 1.29 is 4.42 Å². The van der Waals surface area contributed by atoms with Gasteiger partial charge in [-0.2, -0.15) is 0 Å². The van der Waals surface area contributed by atoms with Crippen LogP contribution in [0.2, 0.25) is 0 Å². The van der Waals surface area contributed by atoms with Gasteiger partial charge < -0.3 is 4.42 Å². The minimum absolute atomic E-state index is 0.00597. The van der Waals surface area contributed by atoms with Gasteiger partial charge in [-0.25, -0.2) is 0 Å². The van der Waals surface area contributed by atoms with Gasteiger partial charge >= 0.3 is 0 Å². The molecule has 0 N–H and O–H groups in total. The van der Waals surface area contributed by atoms with Gasteiger partial charge in [0, 0.05) is 6.07 Å². The molecule has 0 saturated heterocycles. The van der Waals surface area contributed by atoms with Crippen LogP contribution in [0.25, 0.3) is 32.4 Å². The average molecular weight is 278 g/mol. The highest BCUT2D eigenvalue weighted by Gasteiger charge is 2.10. The van der Waals surface area contributed by atoms with Crippen molar-refractivity contribution in [3.8, 4) is 10.6 Å². The van der Waals surface area contributed by atoms with Crippen molar-refractivity contribution in [3.63, 3.8) is 0 Å². The Hall–Kier alpha value is -2.39. The summed E-state index contributed by atoms with van der Waals surface area (Å²) < 4.78 is 5.91. The molecule has 0 aliphatic rings. The fraction of sp³-hybridized carbons (Fsp3) is 0. The molecule has 0 spiro atoms. The first-order valence-corrected chi connectivity index (χ1v) is 7.20. The Bertz CT molecular complexity index is 965. The van der Waals surface area contributed by atoms with E-state index >= 15 is 0 Å². The van der Waals surface area contributed by atoms with E-state index < -0.39 is 0 Å². The van der Waals surface area contributed by atoms with Gasteiger partial charge in [-0.3, -0.25) is 4.79 Å². The van der Waals surface area contributed by atoms with Crippen LogP contribution in [0.1, 0.15) is 0 Å². The zero-order valence-electron chi connectivity index (χ0n) is 10.5. The molecule has 0 aliphatic heterocycles. The Morgan fingerprint density at radius 3 is 2.70 bits per heavy atom. The summed E-state index contributed by atoms with van der Waals surface area (Å²) in [5, 5.41) is 4.62. The van der Waals surface area contributed by atoms with Crippen molar-refractivity contribution in [2.45, 2.75) is 0 Å². The molecule has 96 valence electrons. The second-order valence-electron chi connectivity index (χ2n) is 4.61. The van der Waals surface area contributed by atoms with Crippen LogP contribution in [-0.2, 0) is 0 Å². The van der Waals surface area contributed by atoms with E-state index in [1.165, 1.54) is 0 Å². The van der Waals surface area contributed by atoms with E-state index in [0.29, 0.717) is 16.7 Å². The first-order valence-electron chi connectivity index (χ1n) is 6.32. The molecule has 0 unspecified atom stereocenters. The lowest BCUT2D eigenvalue weighted by atomic mass is 10.1. The van der Waals surface area contributed by atoms with Crippen molar-refractivity contribution in [3.05, 3.63) is 70.2 Å². The number of hydrogen-bond acceptors (Lipinski definition) is 3. The normalized spacial score (nSPS) is 11.2. The van der Waals surface area contributed by atoms with E-state index in [1.807, 2.05) is 53.9 Å². The van der Waals surface area contributed by atoms with Crippen molar-refractivity contribution >= 4 is 33.1 Å². The van der Waals surface area contributed by atoms with Gasteiger partial charge in [0.2, 0.25) is 0 Å². The molecule has 0 bridgehead atoms. The van der Waals surface area contributed by atoms with Gasteiger partial charge in [-0.05, 0) is 28.3 Å². The maximum Gasteiger partial charge on any atom is 0.193 e. The van der Waals surface area contributed by atoms with Crippen molar-refractivity contribution in [2.75, 3.05) is 0 Å². The summed E-state index contributed by atoms with van der Waals surface area (Å²) in [7, 11) is 0. The Morgan fingerprint density at radius 2 is 1.85 bits per heavy atom. The maximum absolute atomic E-state index is 12.5. The fourth-order valence-electron chi connectivity index (χ4n) is 2.47. The van der Waals surface area contributed by atoms with E-state index in [-0.39, 0.29) is 5.43 Å². The molecule has 2 nitrogen and oxygen atoms in total. The van der Waals surface area contributed by atoms with Gasteiger partial charge in [0.1, 0.15) is 11.3 Å². The third-order valence-corrected chi connectivity index (χ3v) is 4.27. The van der Waals surface area contributed by atoms with E-state index in [4.69, 9.17) is 4.42 Å². The van der Waals surface area contributed by atoms with Gasteiger partial charge in [-0.15, -0.1) is 11.3 Å². The smallest absolute Gasteiger partial charge is 0.193 e. The van der Waals surface area contributed by atoms with Crippen LogP contribution in [0.3, 0.4) is 0 Å². The Kier molecular flexibility index (Phi) is 2.47. The molecule has 0 atom stereocenters. The lowest BCUT2D eigenvalue weighted by Gasteiger charge is -2.04. The predicted molar refractivity (Wildman–Crippen MR) is 83.3 cm³/mol. The zero-order chi connectivity index (χ0) is 13.5. The summed E-state index contributed by atoms with van der Waals surface area (Å²) in [5.41, 5.74) is 0.644. The van der Waals surface area contributed by atoms with E-state index in [2.05, 4.69) is 0 Å². The summed E-state index contributed by atoms with van der Waals surface area (Å²) in [4.78, 5) is 13.4. The molecule has 0 saturated carbocycles. The standard InChI is InChI=1S/C17H10O2S/c18-13-10-15(16-6-3-9-20-16)19-14-8-7-11-4-1-2-5-12(11)17(13)14/h1-10H. The van der Waals surface area contributed by atoms with Gasteiger partial charge in [-0.1, -0.05) is 36.4 Å². The van der Waals surface area contributed by atoms with Crippen LogP contribution in [0.5, 0.6) is 0 Å². The number of rotatable bonds is 1. The summed E-state index contributed by atoms with van der Waals surface area (Å²) in [6, 6.07) is 17.2. The number of fused-ring (bicyclic) bond motifs is 3. The molecule has 0 fully saturated rings. The third kappa shape index (κ3) is 1.67. The minimum atomic E-state index is 0.00597. The van der Waals surface area contributed by atoms with Crippen LogP contribution in [0.15, 0.2) is 69.2 Å². The molecule has 4 aromatic rings.